The summed E-state index contributed by atoms with van der Waals surface area (Å²) in [4.78, 5) is 6.07. The standard InChI is InChI=1S/C23H23N2S/c1-14-6-8-18(9-7-14)22-24-20-10-11-21(25(5)23(20)26-22)19-13-15(2)12-16(3)17(19)4/h6-13H,1-5H3/q+1. The van der Waals surface area contributed by atoms with E-state index in [0.29, 0.717) is 0 Å². The predicted octanol–water partition coefficient (Wildman–Crippen LogP) is 5.69. The summed E-state index contributed by atoms with van der Waals surface area (Å²) in [7, 11) is 2.14. The molecule has 0 saturated heterocycles. The molecule has 0 aliphatic heterocycles. The van der Waals surface area contributed by atoms with Crippen molar-refractivity contribution in [3.05, 3.63) is 70.8 Å². The molecule has 0 saturated carbocycles. The Morgan fingerprint density at radius 1 is 0.846 bits per heavy atom. The number of thiazole rings is 1. The number of benzene rings is 2. The van der Waals surface area contributed by atoms with Crippen molar-refractivity contribution in [3.8, 4) is 21.8 Å². The number of nitrogens with zero attached hydrogens (tertiary/aromatic N) is 2. The smallest absolute Gasteiger partial charge is 0.229 e. The molecule has 0 N–H and O–H groups in total. The minimum Gasteiger partial charge on any atom is -0.229 e. The molecule has 2 aromatic carbocycles. The number of rotatable bonds is 2. The van der Waals surface area contributed by atoms with Gasteiger partial charge in [-0.1, -0.05) is 41.5 Å². The number of pyridine rings is 1. The van der Waals surface area contributed by atoms with Crippen LogP contribution in [-0.2, 0) is 7.05 Å². The van der Waals surface area contributed by atoms with Crippen molar-refractivity contribution in [3.63, 3.8) is 0 Å². The zero-order valence-corrected chi connectivity index (χ0v) is 16.7. The molecular weight excluding hydrogens is 336 g/mol. The Morgan fingerprint density at radius 2 is 1.58 bits per heavy atom. The van der Waals surface area contributed by atoms with Gasteiger partial charge in [0.05, 0.1) is 0 Å². The van der Waals surface area contributed by atoms with Gasteiger partial charge in [0.2, 0.25) is 5.69 Å². The van der Waals surface area contributed by atoms with Crippen LogP contribution < -0.4 is 4.57 Å². The fourth-order valence-electron chi connectivity index (χ4n) is 3.45. The zero-order valence-electron chi connectivity index (χ0n) is 15.9. The Kier molecular flexibility index (Phi) is 4.12. The second-order valence-corrected chi connectivity index (χ2v) is 8.08. The van der Waals surface area contributed by atoms with Crippen LogP contribution in [0.1, 0.15) is 22.3 Å². The summed E-state index contributed by atoms with van der Waals surface area (Å²) in [5, 5.41) is 1.07. The van der Waals surface area contributed by atoms with Gasteiger partial charge in [0.15, 0.2) is 0 Å². The molecule has 0 spiro atoms. The van der Waals surface area contributed by atoms with Gasteiger partial charge in [-0.3, -0.25) is 0 Å². The quantitative estimate of drug-likeness (QED) is 0.420. The predicted molar refractivity (Wildman–Crippen MR) is 111 cm³/mol. The summed E-state index contributed by atoms with van der Waals surface area (Å²) in [6.07, 6.45) is 0. The van der Waals surface area contributed by atoms with Crippen molar-refractivity contribution in [2.75, 3.05) is 0 Å². The number of hydrogen-bond acceptors (Lipinski definition) is 2. The maximum absolute atomic E-state index is 4.86. The molecule has 2 aromatic heterocycles. The molecule has 0 amide bonds. The molecule has 130 valence electrons. The van der Waals surface area contributed by atoms with Gasteiger partial charge >= 0.3 is 0 Å². The van der Waals surface area contributed by atoms with E-state index in [1.165, 1.54) is 43.9 Å². The lowest BCUT2D eigenvalue weighted by atomic mass is 9.97. The van der Waals surface area contributed by atoms with Crippen molar-refractivity contribution in [2.45, 2.75) is 27.7 Å². The molecule has 2 heterocycles. The summed E-state index contributed by atoms with van der Waals surface area (Å²) in [6, 6.07) is 17.5. The Labute approximate surface area is 158 Å². The zero-order chi connectivity index (χ0) is 18.4. The van der Waals surface area contributed by atoms with E-state index in [0.717, 1.165) is 10.5 Å². The van der Waals surface area contributed by atoms with Crippen LogP contribution in [0.4, 0.5) is 0 Å². The normalized spacial score (nSPS) is 11.3. The first-order valence-electron chi connectivity index (χ1n) is 8.89. The minimum absolute atomic E-state index is 1.05. The van der Waals surface area contributed by atoms with Crippen molar-refractivity contribution in [1.29, 1.82) is 0 Å². The maximum Gasteiger partial charge on any atom is 0.289 e. The number of aromatic nitrogens is 2. The molecule has 3 heteroatoms. The summed E-state index contributed by atoms with van der Waals surface area (Å²) in [6.45, 7) is 8.67. The second-order valence-electron chi connectivity index (χ2n) is 7.11. The molecule has 0 aliphatic carbocycles. The second kappa shape index (κ2) is 6.33. The minimum atomic E-state index is 1.05. The van der Waals surface area contributed by atoms with Gasteiger partial charge in [0.1, 0.15) is 17.6 Å². The monoisotopic (exact) mass is 359 g/mol. The first-order valence-corrected chi connectivity index (χ1v) is 9.70. The van der Waals surface area contributed by atoms with Crippen LogP contribution in [0, 0.1) is 27.7 Å². The average molecular weight is 360 g/mol. The molecule has 4 rings (SSSR count). The first kappa shape index (κ1) is 16.9. The van der Waals surface area contributed by atoms with E-state index in [1.54, 1.807) is 11.3 Å². The summed E-state index contributed by atoms with van der Waals surface area (Å²) >= 11 is 1.76. The lowest BCUT2D eigenvalue weighted by molar-refractivity contribution is -0.631. The average Bonchev–Trinajstić information content (AvgIpc) is 3.04. The van der Waals surface area contributed by atoms with E-state index in [9.17, 15) is 0 Å². The highest BCUT2D eigenvalue weighted by molar-refractivity contribution is 7.20. The van der Waals surface area contributed by atoms with Crippen LogP contribution in [-0.4, -0.2) is 4.98 Å². The summed E-state index contributed by atoms with van der Waals surface area (Å²) in [5.41, 5.74) is 10.0. The third-order valence-electron chi connectivity index (χ3n) is 5.09. The van der Waals surface area contributed by atoms with Crippen molar-refractivity contribution in [2.24, 2.45) is 7.05 Å². The van der Waals surface area contributed by atoms with Gasteiger partial charge in [0.25, 0.3) is 4.83 Å². The highest BCUT2D eigenvalue weighted by atomic mass is 32.1. The fraction of sp³-hybridized carbons (Fsp3) is 0.217. The van der Waals surface area contributed by atoms with Gasteiger partial charge in [-0.05, 0) is 62.3 Å². The molecule has 0 fully saturated rings. The molecule has 0 aliphatic rings. The van der Waals surface area contributed by atoms with Crippen molar-refractivity contribution in [1.82, 2.24) is 4.98 Å². The van der Waals surface area contributed by atoms with Gasteiger partial charge in [-0.2, -0.15) is 4.57 Å². The highest BCUT2D eigenvalue weighted by Gasteiger charge is 2.20. The molecule has 4 aromatic rings. The summed E-state index contributed by atoms with van der Waals surface area (Å²) < 4.78 is 2.28. The maximum atomic E-state index is 4.86. The van der Waals surface area contributed by atoms with E-state index in [1.807, 2.05) is 0 Å². The Balaban J connectivity index is 1.89. The van der Waals surface area contributed by atoms with Crippen molar-refractivity contribution >= 4 is 21.7 Å². The molecule has 26 heavy (non-hydrogen) atoms. The molecule has 2 nitrogen and oxygen atoms in total. The Hall–Kier alpha value is -2.52. The van der Waals surface area contributed by atoms with E-state index in [4.69, 9.17) is 4.98 Å². The molecule has 0 bridgehead atoms. The highest BCUT2D eigenvalue weighted by Crippen LogP contribution is 2.31. The fourth-order valence-corrected chi connectivity index (χ4v) is 4.48. The Morgan fingerprint density at radius 3 is 2.31 bits per heavy atom. The number of aryl methyl sites for hydroxylation is 4. The largest absolute Gasteiger partial charge is 0.289 e. The number of hydrogen-bond donors (Lipinski definition) is 0. The van der Waals surface area contributed by atoms with E-state index in [2.05, 4.69) is 87.8 Å². The van der Waals surface area contributed by atoms with Crippen LogP contribution in [0.2, 0.25) is 0 Å². The Bertz CT molecular complexity index is 1120. The lowest BCUT2D eigenvalue weighted by Crippen LogP contribution is -2.31. The van der Waals surface area contributed by atoms with E-state index in [-0.39, 0.29) is 0 Å². The lowest BCUT2D eigenvalue weighted by Gasteiger charge is -2.09. The van der Waals surface area contributed by atoms with Crippen LogP contribution in [0.3, 0.4) is 0 Å². The van der Waals surface area contributed by atoms with Crippen LogP contribution in [0.15, 0.2) is 48.5 Å². The topological polar surface area (TPSA) is 16.8 Å². The van der Waals surface area contributed by atoms with Gasteiger partial charge in [-0.25, -0.2) is 4.98 Å². The third-order valence-corrected chi connectivity index (χ3v) is 6.28. The third kappa shape index (κ3) is 2.82. The molecular formula is C23H23N2S+. The molecule has 0 unspecified atom stereocenters. The van der Waals surface area contributed by atoms with Crippen LogP contribution >= 0.6 is 11.3 Å². The number of fused-ring (bicyclic) bond motifs is 1. The molecule has 0 atom stereocenters. The van der Waals surface area contributed by atoms with Gasteiger partial charge < -0.3 is 0 Å². The summed E-state index contributed by atoms with van der Waals surface area (Å²) in [5.74, 6) is 0. The van der Waals surface area contributed by atoms with Crippen molar-refractivity contribution < 1.29 is 4.57 Å². The van der Waals surface area contributed by atoms with Gasteiger partial charge in [-0.15, -0.1) is 0 Å². The van der Waals surface area contributed by atoms with E-state index < -0.39 is 0 Å². The molecule has 0 radical (unpaired) electrons. The van der Waals surface area contributed by atoms with Crippen LogP contribution in [0.25, 0.3) is 32.2 Å². The first-order chi connectivity index (χ1) is 12.4. The van der Waals surface area contributed by atoms with E-state index >= 15 is 0 Å². The SMILES string of the molecule is Cc1ccc(-c2nc3ccc(-c4cc(C)cc(C)c4C)[n+](C)c3s2)cc1. The van der Waals surface area contributed by atoms with Gasteiger partial charge in [0, 0.05) is 17.2 Å². The van der Waals surface area contributed by atoms with Crippen LogP contribution in [0.5, 0.6) is 0 Å².